The molecule has 17 heavy (non-hydrogen) atoms. The van der Waals surface area contributed by atoms with Crippen LogP contribution in [0.4, 0.5) is 20.2 Å². The Kier molecular flexibility index (Phi) is 1.76. The minimum absolute atomic E-state index is 0.0434. The maximum atomic E-state index is 14.2. The van der Waals surface area contributed by atoms with Crippen LogP contribution in [0.25, 0.3) is 11.1 Å². The average Bonchev–Trinajstić information content (AvgIpc) is 2.49. The molecule has 2 aromatic carbocycles. The van der Waals surface area contributed by atoms with Crippen LogP contribution in [0, 0.1) is 0 Å². The topological polar surface area (TPSA) is 52.0 Å². The lowest BCUT2D eigenvalue weighted by atomic mass is 10.1. The summed E-state index contributed by atoms with van der Waals surface area (Å²) >= 11 is 0. The molecular weight excluding hydrogens is 222 g/mol. The number of hydrogen-bond donors (Lipinski definition) is 2. The van der Waals surface area contributed by atoms with Gasteiger partial charge in [0.25, 0.3) is 5.92 Å². The van der Waals surface area contributed by atoms with Gasteiger partial charge in [-0.05, 0) is 35.4 Å². The van der Waals surface area contributed by atoms with Gasteiger partial charge in [-0.2, -0.15) is 8.78 Å². The van der Waals surface area contributed by atoms with Crippen LogP contribution in [0.3, 0.4) is 0 Å². The first kappa shape index (κ1) is 10.1. The predicted octanol–water partition coefficient (Wildman–Crippen LogP) is 2.97. The molecule has 0 saturated heterocycles. The number of rotatable bonds is 0. The number of nitrogens with two attached hydrogens (primary N) is 2. The molecule has 0 amide bonds. The van der Waals surface area contributed by atoms with Gasteiger partial charge in [0.15, 0.2) is 0 Å². The van der Waals surface area contributed by atoms with Crippen molar-refractivity contribution in [2.45, 2.75) is 5.92 Å². The minimum Gasteiger partial charge on any atom is -0.399 e. The van der Waals surface area contributed by atoms with Gasteiger partial charge in [-0.25, -0.2) is 0 Å². The van der Waals surface area contributed by atoms with Gasteiger partial charge in [-0.3, -0.25) is 0 Å². The third-order valence-electron chi connectivity index (χ3n) is 3.05. The number of nitrogen functional groups attached to an aromatic ring is 2. The fraction of sp³-hybridized carbons (Fsp3) is 0.0769. The Morgan fingerprint density at radius 2 is 1.18 bits per heavy atom. The van der Waals surface area contributed by atoms with Crippen LogP contribution in [0.5, 0.6) is 0 Å². The lowest BCUT2D eigenvalue weighted by Crippen LogP contribution is -2.11. The second kappa shape index (κ2) is 2.97. The molecule has 86 valence electrons. The summed E-state index contributed by atoms with van der Waals surface area (Å²) in [4.78, 5) is 0. The quantitative estimate of drug-likeness (QED) is 0.686. The molecule has 0 atom stereocenters. The third-order valence-corrected chi connectivity index (χ3v) is 3.05. The molecule has 0 heterocycles. The minimum atomic E-state index is -3.02. The molecule has 0 unspecified atom stereocenters. The molecule has 3 rings (SSSR count). The monoisotopic (exact) mass is 232 g/mol. The van der Waals surface area contributed by atoms with Crippen LogP contribution < -0.4 is 11.5 Å². The summed E-state index contributed by atoms with van der Waals surface area (Å²) in [6.45, 7) is 0. The molecule has 0 bridgehead atoms. The van der Waals surface area contributed by atoms with Crippen LogP contribution in [0.1, 0.15) is 11.1 Å². The zero-order chi connectivity index (χ0) is 12.2. The van der Waals surface area contributed by atoms with Gasteiger partial charge in [-0.1, -0.05) is 12.1 Å². The van der Waals surface area contributed by atoms with Crippen LogP contribution >= 0.6 is 0 Å². The summed E-state index contributed by atoms with van der Waals surface area (Å²) in [5.41, 5.74) is 12.8. The molecule has 0 saturated carbocycles. The van der Waals surface area contributed by atoms with E-state index in [9.17, 15) is 8.78 Å². The largest absolute Gasteiger partial charge is 0.399 e. The number of hydrogen-bond acceptors (Lipinski definition) is 2. The van der Waals surface area contributed by atoms with Crippen molar-refractivity contribution >= 4 is 11.4 Å². The molecule has 4 N–H and O–H groups in total. The van der Waals surface area contributed by atoms with Gasteiger partial charge in [-0.15, -0.1) is 0 Å². The Morgan fingerprint density at radius 3 is 1.59 bits per heavy atom. The number of fused-ring (bicyclic) bond motifs is 3. The lowest BCUT2D eigenvalue weighted by Gasteiger charge is -2.12. The maximum absolute atomic E-state index is 14.2. The highest BCUT2D eigenvalue weighted by molar-refractivity contribution is 5.82. The Labute approximate surface area is 96.9 Å². The summed E-state index contributed by atoms with van der Waals surface area (Å²) in [7, 11) is 0. The molecular formula is C13H10F2N2. The lowest BCUT2D eigenvalue weighted by molar-refractivity contribution is 0.0481. The van der Waals surface area contributed by atoms with Crippen molar-refractivity contribution in [2.24, 2.45) is 0 Å². The van der Waals surface area contributed by atoms with Gasteiger partial charge >= 0.3 is 0 Å². The van der Waals surface area contributed by atoms with Gasteiger partial charge in [0.2, 0.25) is 0 Å². The Hall–Kier alpha value is -2.10. The van der Waals surface area contributed by atoms with Crippen LogP contribution in [0.15, 0.2) is 36.4 Å². The van der Waals surface area contributed by atoms with E-state index in [-0.39, 0.29) is 11.1 Å². The Bertz CT molecular complexity index is 567. The molecule has 4 heteroatoms. The van der Waals surface area contributed by atoms with Crippen LogP contribution in [-0.2, 0) is 5.92 Å². The number of benzene rings is 2. The molecule has 1 aliphatic carbocycles. The smallest absolute Gasteiger partial charge is 0.299 e. The zero-order valence-corrected chi connectivity index (χ0v) is 8.87. The van der Waals surface area contributed by atoms with Crippen molar-refractivity contribution in [1.29, 1.82) is 0 Å². The molecule has 0 aliphatic heterocycles. The number of anilines is 2. The summed E-state index contributed by atoms with van der Waals surface area (Å²) in [5.74, 6) is -3.02. The predicted molar refractivity (Wildman–Crippen MR) is 63.7 cm³/mol. The van der Waals surface area contributed by atoms with E-state index in [0.29, 0.717) is 22.5 Å². The SMILES string of the molecule is Nc1ccc2c(c1)C(F)(F)c1cc(N)ccc1-2. The Morgan fingerprint density at radius 1 is 0.765 bits per heavy atom. The first-order chi connectivity index (χ1) is 8.00. The van der Waals surface area contributed by atoms with Crippen LogP contribution in [0.2, 0.25) is 0 Å². The van der Waals surface area contributed by atoms with Crippen molar-refractivity contribution in [3.63, 3.8) is 0 Å². The molecule has 0 aromatic heterocycles. The molecule has 0 fully saturated rings. The Balaban J connectivity index is 2.37. The van der Waals surface area contributed by atoms with Gasteiger partial charge in [0.05, 0.1) is 0 Å². The van der Waals surface area contributed by atoms with Gasteiger partial charge in [0.1, 0.15) is 0 Å². The summed E-state index contributed by atoms with van der Waals surface area (Å²) in [6, 6.07) is 9.15. The van der Waals surface area contributed by atoms with E-state index >= 15 is 0 Å². The normalized spacial score (nSPS) is 15.4. The maximum Gasteiger partial charge on any atom is 0.299 e. The highest BCUT2D eigenvalue weighted by Crippen LogP contribution is 2.51. The van der Waals surface area contributed by atoms with Crippen molar-refractivity contribution in [3.8, 4) is 11.1 Å². The molecule has 2 nitrogen and oxygen atoms in total. The van der Waals surface area contributed by atoms with E-state index in [1.807, 2.05) is 0 Å². The van der Waals surface area contributed by atoms with E-state index in [0.717, 1.165) is 0 Å². The fourth-order valence-corrected chi connectivity index (χ4v) is 2.26. The fourth-order valence-electron chi connectivity index (χ4n) is 2.26. The third kappa shape index (κ3) is 1.24. The van der Waals surface area contributed by atoms with Crippen molar-refractivity contribution in [1.82, 2.24) is 0 Å². The van der Waals surface area contributed by atoms with Crippen molar-refractivity contribution in [3.05, 3.63) is 47.5 Å². The molecule has 2 aromatic rings. The first-order valence-electron chi connectivity index (χ1n) is 5.18. The molecule has 1 aliphatic rings. The standard InChI is InChI=1S/C13H10F2N2/c14-13(15)11-5-7(16)1-3-9(11)10-4-2-8(17)6-12(10)13/h1-6H,16-17H2. The van der Waals surface area contributed by atoms with Crippen molar-refractivity contribution in [2.75, 3.05) is 11.5 Å². The van der Waals surface area contributed by atoms with Gasteiger partial charge in [0, 0.05) is 22.5 Å². The van der Waals surface area contributed by atoms with E-state index in [4.69, 9.17) is 11.5 Å². The van der Waals surface area contributed by atoms with Crippen molar-refractivity contribution < 1.29 is 8.78 Å². The number of halogens is 2. The summed E-state index contributed by atoms with van der Waals surface area (Å²) in [5, 5.41) is 0. The number of alkyl halides is 2. The van der Waals surface area contributed by atoms with Crippen LogP contribution in [-0.4, -0.2) is 0 Å². The second-order valence-electron chi connectivity index (χ2n) is 4.18. The highest BCUT2D eigenvalue weighted by Gasteiger charge is 2.44. The average molecular weight is 232 g/mol. The summed E-state index contributed by atoms with van der Waals surface area (Å²) < 4.78 is 28.4. The van der Waals surface area contributed by atoms with Gasteiger partial charge < -0.3 is 11.5 Å². The zero-order valence-electron chi connectivity index (χ0n) is 8.87. The molecule has 0 radical (unpaired) electrons. The van der Waals surface area contributed by atoms with E-state index in [1.54, 1.807) is 24.3 Å². The first-order valence-corrected chi connectivity index (χ1v) is 5.18. The summed E-state index contributed by atoms with van der Waals surface area (Å²) in [6.07, 6.45) is 0. The van der Waals surface area contributed by atoms with E-state index in [2.05, 4.69) is 0 Å². The second-order valence-corrected chi connectivity index (χ2v) is 4.18. The molecule has 0 spiro atoms. The van der Waals surface area contributed by atoms with E-state index in [1.165, 1.54) is 12.1 Å². The highest BCUT2D eigenvalue weighted by atomic mass is 19.3. The van der Waals surface area contributed by atoms with E-state index < -0.39 is 5.92 Å².